The first-order valence-electron chi connectivity index (χ1n) is 6.67. The minimum absolute atomic E-state index is 0.0667. The highest BCUT2D eigenvalue weighted by molar-refractivity contribution is 6.37. The molecule has 1 unspecified atom stereocenters. The SMILES string of the molecule is Oc1c(Cl)cc(NC2CCCc3ccccc32)cc1Cl. The van der Waals surface area contributed by atoms with Crippen LogP contribution in [0.3, 0.4) is 0 Å². The van der Waals surface area contributed by atoms with Crippen LogP contribution in [0.5, 0.6) is 5.75 Å². The van der Waals surface area contributed by atoms with Crippen molar-refractivity contribution in [1.82, 2.24) is 0 Å². The smallest absolute Gasteiger partial charge is 0.152 e. The normalized spacial score (nSPS) is 17.6. The molecule has 0 saturated carbocycles. The Hall–Kier alpha value is -1.38. The van der Waals surface area contributed by atoms with Gasteiger partial charge in [0.1, 0.15) is 0 Å². The molecule has 2 N–H and O–H groups in total. The Morgan fingerprint density at radius 1 is 1.10 bits per heavy atom. The molecule has 1 aliphatic carbocycles. The van der Waals surface area contributed by atoms with Crippen LogP contribution in [0.15, 0.2) is 36.4 Å². The molecule has 4 heteroatoms. The zero-order valence-electron chi connectivity index (χ0n) is 10.9. The van der Waals surface area contributed by atoms with E-state index in [9.17, 15) is 5.11 Å². The number of phenols is 1. The molecule has 0 heterocycles. The summed E-state index contributed by atoms with van der Waals surface area (Å²) in [6, 6.07) is 12.2. The van der Waals surface area contributed by atoms with E-state index in [0.29, 0.717) is 0 Å². The molecule has 0 amide bonds. The first-order valence-corrected chi connectivity index (χ1v) is 7.43. The zero-order valence-corrected chi connectivity index (χ0v) is 12.4. The van der Waals surface area contributed by atoms with Crippen molar-refractivity contribution in [2.24, 2.45) is 0 Å². The molecule has 0 saturated heterocycles. The third kappa shape index (κ3) is 2.58. The number of nitrogens with one attached hydrogen (secondary N) is 1. The molecule has 0 radical (unpaired) electrons. The fraction of sp³-hybridized carbons (Fsp3) is 0.250. The highest BCUT2D eigenvalue weighted by atomic mass is 35.5. The fourth-order valence-electron chi connectivity index (χ4n) is 2.75. The van der Waals surface area contributed by atoms with Crippen molar-refractivity contribution in [3.63, 3.8) is 0 Å². The monoisotopic (exact) mass is 307 g/mol. The molecule has 1 atom stereocenters. The summed E-state index contributed by atoms with van der Waals surface area (Å²) in [5.74, 6) is -0.0667. The van der Waals surface area contributed by atoms with E-state index < -0.39 is 0 Å². The van der Waals surface area contributed by atoms with E-state index >= 15 is 0 Å². The second-order valence-electron chi connectivity index (χ2n) is 5.08. The molecule has 2 nitrogen and oxygen atoms in total. The number of aromatic hydroxyl groups is 1. The lowest BCUT2D eigenvalue weighted by Crippen LogP contribution is -2.17. The van der Waals surface area contributed by atoms with Crippen molar-refractivity contribution in [3.8, 4) is 5.75 Å². The number of rotatable bonds is 2. The number of fused-ring (bicyclic) bond motifs is 1. The van der Waals surface area contributed by atoms with Crippen LogP contribution in [-0.2, 0) is 6.42 Å². The van der Waals surface area contributed by atoms with E-state index in [-0.39, 0.29) is 21.8 Å². The van der Waals surface area contributed by atoms with Gasteiger partial charge in [-0.1, -0.05) is 47.5 Å². The molecule has 0 fully saturated rings. The summed E-state index contributed by atoms with van der Waals surface area (Å²) in [5, 5.41) is 13.6. The summed E-state index contributed by atoms with van der Waals surface area (Å²) >= 11 is 11.9. The predicted octanol–water partition coefficient (Wildman–Crippen LogP) is 5.19. The number of phenolic OH excluding ortho intramolecular Hbond substituents is 1. The maximum absolute atomic E-state index is 9.60. The van der Waals surface area contributed by atoms with Gasteiger partial charge in [0, 0.05) is 5.69 Å². The van der Waals surface area contributed by atoms with Gasteiger partial charge in [0.2, 0.25) is 0 Å². The molecule has 2 aromatic rings. The minimum Gasteiger partial charge on any atom is -0.505 e. The topological polar surface area (TPSA) is 32.3 Å². The summed E-state index contributed by atoms with van der Waals surface area (Å²) < 4.78 is 0. The Labute approximate surface area is 128 Å². The standard InChI is InChI=1S/C16H15Cl2NO/c17-13-8-11(9-14(18)16(13)20)19-15-7-3-5-10-4-1-2-6-12(10)15/h1-2,4,6,8-9,15,19-20H,3,5,7H2. The number of aryl methyl sites for hydroxylation is 1. The van der Waals surface area contributed by atoms with Crippen LogP contribution >= 0.6 is 23.2 Å². The summed E-state index contributed by atoms with van der Waals surface area (Å²) in [7, 11) is 0. The van der Waals surface area contributed by atoms with Crippen molar-refractivity contribution >= 4 is 28.9 Å². The van der Waals surface area contributed by atoms with Gasteiger partial charge in [0.15, 0.2) is 5.75 Å². The van der Waals surface area contributed by atoms with Gasteiger partial charge in [-0.15, -0.1) is 0 Å². The zero-order chi connectivity index (χ0) is 14.1. The third-order valence-electron chi connectivity index (χ3n) is 3.73. The number of hydrogen-bond acceptors (Lipinski definition) is 2. The van der Waals surface area contributed by atoms with Crippen LogP contribution in [0, 0.1) is 0 Å². The van der Waals surface area contributed by atoms with Crippen LogP contribution in [0.1, 0.15) is 30.0 Å². The predicted molar refractivity (Wildman–Crippen MR) is 83.9 cm³/mol. The summed E-state index contributed by atoms with van der Waals surface area (Å²) in [6.45, 7) is 0. The Morgan fingerprint density at radius 3 is 2.55 bits per heavy atom. The maximum atomic E-state index is 9.60. The van der Waals surface area contributed by atoms with Gasteiger partial charge in [-0.25, -0.2) is 0 Å². The highest BCUT2D eigenvalue weighted by Gasteiger charge is 2.20. The number of anilines is 1. The van der Waals surface area contributed by atoms with Crippen molar-refractivity contribution in [2.75, 3.05) is 5.32 Å². The first-order chi connectivity index (χ1) is 9.65. The summed E-state index contributed by atoms with van der Waals surface area (Å²) in [5.41, 5.74) is 3.56. The van der Waals surface area contributed by atoms with Crippen molar-refractivity contribution in [3.05, 3.63) is 57.6 Å². The molecule has 3 rings (SSSR count). The molecule has 0 aromatic heterocycles. The molecular weight excluding hydrogens is 293 g/mol. The molecule has 104 valence electrons. The average molecular weight is 308 g/mol. The van der Waals surface area contributed by atoms with Gasteiger partial charge < -0.3 is 10.4 Å². The minimum atomic E-state index is -0.0667. The second-order valence-corrected chi connectivity index (χ2v) is 5.89. The average Bonchev–Trinajstić information content (AvgIpc) is 2.45. The Kier molecular flexibility index (Phi) is 3.77. The van der Waals surface area contributed by atoms with E-state index in [1.54, 1.807) is 12.1 Å². The van der Waals surface area contributed by atoms with Crippen molar-refractivity contribution < 1.29 is 5.11 Å². The van der Waals surface area contributed by atoms with E-state index in [0.717, 1.165) is 24.9 Å². The van der Waals surface area contributed by atoms with E-state index in [1.165, 1.54) is 11.1 Å². The van der Waals surface area contributed by atoms with Crippen LogP contribution in [-0.4, -0.2) is 5.11 Å². The molecule has 0 aliphatic heterocycles. The van der Waals surface area contributed by atoms with Crippen LogP contribution < -0.4 is 5.32 Å². The maximum Gasteiger partial charge on any atom is 0.152 e. The lowest BCUT2D eigenvalue weighted by atomic mass is 9.87. The number of hydrogen-bond donors (Lipinski definition) is 2. The Morgan fingerprint density at radius 2 is 1.80 bits per heavy atom. The molecule has 1 aliphatic rings. The van der Waals surface area contributed by atoms with Crippen LogP contribution in [0.4, 0.5) is 5.69 Å². The van der Waals surface area contributed by atoms with Gasteiger partial charge >= 0.3 is 0 Å². The van der Waals surface area contributed by atoms with Crippen LogP contribution in [0.25, 0.3) is 0 Å². The third-order valence-corrected chi connectivity index (χ3v) is 4.30. The van der Waals surface area contributed by atoms with E-state index in [1.807, 2.05) is 0 Å². The number of halogens is 2. The lowest BCUT2D eigenvalue weighted by Gasteiger charge is -2.27. The van der Waals surface area contributed by atoms with E-state index in [4.69, 9.17) is 23.2 Å². The molecule has 20 heavy (non-hydrogen) atoms. The molecule has 0 bridgehead atoms. The highest BCUT2D eigenvalue weighted by Crippen LogP contribution is 2.37. The Balaban J connectivity index is 1.89. The van der Waals surface area contributed by atoms with Gasteiger partial charge in [0.25, 0.3) is 0 Å². The van der Waals surface area contributed by atoms with Gasteiger partial charge in [-0.2, -0.15) is 0 Å². The van der Waals surface area contributed by atoms with Gasteiger partial charge in [-0.05, 0) is 42.5 Å². The summed E-state index contributed by atoms with van der Waals surface area (Å²) in [4.78, 5) is 0. The second kappa shape index (κ2) is 5.55. The Bertz CT molecular complexity index is 619. The first kappa shape index (κ1) is 13.6. The van der Waals surface area contributed by atoms with Crippen molar-refractivity contribution in [1.29, 1.82) is 0 Å². The van der Waals surface area contributed by atoms with Crippen LogP contribution in [0.2, 0.25) is 10.0 Å². The quantitative estimate of drug-likeness (QED) is 0.748. The van der Waals surface area contributed by atoms with Gasteiger partial charge in [-0.3, -0.25) is 0 Å². The molecule has 2 aromatic carbocycles. The molecule has 0 spiro atoms. The molecular formula is C16H15Cl2NO. The summed E-state index contributed by atoms with van der Waals surface area (Å²) in [6.07, 6.45) is 3.37. The lowest BCUT2D eigenvalue weighted by molar-refractivity contribution is 0.476. The number of benzene rings is 2. The van der Waals surface area contributed by atoms with Crippen molar-refractivity contribution in [2.45, 2.75) is 25.3 Å². The largest absolute Gasteiger partial charge is 0.505 e. The fourth-order valence-corrected chi connectivity index (χ4v) is 3.24. The van der Waals surface area contributed by atoms with Gasteiger partial charge in [0.05, 0.1) is 16.1 Å². The van der Waals surface area contributed by atoms with E-state index in [2.05, 4.69) is 29.6 Å².